The second-order valence-corrected chi connectivity index (χ2v) is 4.93. The standard InChI is InChI=1S/C12H20F3N3O3/c13-12(14,15)11(21)16-3-1-4-17-6-8-18(9-7-17)5-2-10(19)20/h1-9H2,(H,16,21)(H,19,20). The van der Waals surface area contributed by atoms with Crippen LogP contribution < -0.4 is 5.32 Å². The first-order valence-corrected chi connectivity index (χ1v) is 6.80. The zero-order chi connectivity index (χ0) is 15.9. The Hall–Kier alpha value is -1.35. The quantitative estimate of drug-likeness (QED) is 0.655. The Balaban J connectivity index is 2.08. The van der Waals surface area contributed by atoms with Gasteiger partial charge in [-0.05, 0) is 13.0 Å². The van der Waals surface area contributed by atoms with E-state index in [2.05, 4.69) is 9.80 Å². The Morgan fingerprint density at radius 1 is 1.05 bits per heavy atom. The predicted molar refractivity (Wildman–Crippen MR) is 68.8 cm³/mol. The lowest BCUT2D eigenvalue weighted by Crippen LogP contribution is -2.47. The highest BCUT2D eigenvalue weighted by Crippen LogP contribution is 2.13. The molecule has 1 fully saturated rings. The number of rotatable bonds is 7. The fourth-order valence-electron chi connectivity index (χ4n) is 2.10. The van der Waals surface area contributed by atoms with Crippen molar-refractivity contribution < 1.29 is 27.9 Å². The number of carboxylic acid groups (broad SMARTS) is 1. The van der Waals surface area contributed by atoms with Gasteiger partial charge in [0, 0.05) is 39.3 Å². The smallest absolute Gasteiger partial charge is 0.471 e. The maximum Gasteiger partial charge on any atom is 0.471 e. The first-order valence-electron chi connectivity index (χ1n) is 6.80. The molecule has 0 radical (unpaired) electrons. The molecule has 0 atom stereocenters. The summed E-state index contributed by atoms with van der Waals surface area (Å²) in [5, 5.41) is 10.4. The lowest BCUT2D eigenvalue weighted by atomic mass is 10.2. The number of hydrogen-bond acceptors (Lipinski definition) is 4. The summed E-state index contributed by atoms with van der Waals surface area (Å²) >= 11 is 0. The van der Waals surface area contributed by atoms with Gasteiger partial charge in [-0.2, -0.15) is 13.2 Å². The van der Waals surface area contributed by atoms with Gasteiger partial charge < -0.3 is 20.2 Å². The topological polar surface area (TPSA) is 72.9 Å². The monoisotopic (exact) mass is 311 g/mol. The molecule has 6 nitrogen and oxygen atoms in total. The van der Waals surface area contributed by atoms with Gasteiger partial charge in [0.05, 0.1) is 6.42 Å². The minimum atomic E-state index is -4.82. The molecular formula is C12H20F3N3O3. The summed E-state index contributed by atoms with van der Waals surface area (Å²) in [4.78, 5) is 25.2. The molecule has 0 bridgehead atoms. The SMILES string of the molecule is O=C(O)CCN1CCN(CCCNC(=O)C(F)(F)F)CC1. The molecule has 0 aromatic heterocycles. The van der Waals surface area contributed by atoms with Crippen LogP contribution >= 0.6 is 0 Å². The Kier molecular flexibility index (Phi) is 6.90. The fraction of sp³-hybridized carbons (Fsp3) is 0.833. The Labute approximate surface area is 120 Å². The van der Waals surface area contributed by atoms with E-state index in [9.17, 15) is 22.8 Å². The number of amides is 1. The van der Waals surface area contributed by atoms with E-state index in [-0.39, 0.29) is 13.0 Å². The third-order valence-corrected chi connectivity index (χ3v) is 3.30. The number of carboxylic acids is 1. The molecule has 1 amide bonds. The maximum absolute atomic E-state index is 11.9. The summed E-state index contributed by atoms with van der Waals surface area (Å²) in [6.07, 6.45) is -4.25. The van der Waals surface area contributed by atoms with Crippen LogP contribution in [0.15, 0.2) is 0 Å². The van der Waals surface area contributed by atoms with E-state index in [4.69, 9.17) is 5.11 Å². The summed E-state index contributed by atoms with van der Waals surface area (Å²) in [5.74, 6) is -2.72. The molecule has 0 saturated carbocycles. The molecule has 0 unspecified atom stereocenters. The Morgan fingerprint density at radius 3 is 2.05 bits per heavy atom. The zero-order valence-corrected chi connectivity index (χ0v) is 11.7. The van der Waals surface area contributed by atoms with E-state index in [0.717, 1.165) is 26.2 Å². The van der Waals surface area contributed by atoms with Gasteiger partial charge in [0.1, 0.15) is 0 Å². The summed E-state index contributed by atoms with van der Waals surface area (Å²) in [7, 11) is 0. The van der Waals surface area contributed by atoms with Crippen LogP contribution in [-0.2, 0) is 9.59 Å². The van der Waals surface area contributed by atoms with E-state index in [0.29, 0.717) is 19.5 Å². The van der Waals surface area contributed by atoms with Crippen LogP contribution in [0.4, 0.5) is 13.2 Å². The van der Waals surface area contributed by atoms with Crippen molar-refractivity contribution in [2.45, 2.75) is 19.0 Å². The van der Waals surface area contributed by atoms with Gasteiger partial charge in [0.15, 0.2) is 0 Å². The third kappa shape index (κ3) is 7.28. The molecule has 1 saturated heterocycles. The van der Waals surface area contributed by atoms with E-state index >= 15 is 0 Å². The molecule has 122 valence electrons. The van der Waals surface area contributed by atoms with Crippen molar-refractivity contribution in [3.63, 3.8) is 0 Å². The van der Waals surface area contributed by atoms with Crippen LogP contribution in [0.5, 0.6) is 0 Å². The summed E-state index contributed by atoms with van der Waals surface area (Å²) in [5.41, 5.74) is 0. The van der Waals surface area contributed by atoms with Gasteiger partial charge >= 0.3 is 18.1 Å². The number of nitrogens with zero attached hydrogens (tertiary/aromatic N) is 2. The van der Waals surface area contributed by atoms with E-state index < -0.39 is 18.1 Å². The third-order valence-electron chi connectivity index (χ3n) is 3.30. The van der Waals surface area contributed by atoms with E-state index in [1.807, 2.05) is 5.32 Å². The van der Waals surface area contributed by atoms with Crippen LogP contribution in [0.25, 0.3) is 0 Å². The van der Waals surface area contributed by atoms with Crippen molar-refractivity contribution in [2.24, 2.45) is 0 Å². The van der Waals surface area contributed by atoms with Crippen LogP contribution in [-0.4, -0.2) is 78.8 Å². The second kappa shape index (κ2) is 8.18. The van der Waals surface area contributed by atoms with Crippen molar-refractivity contribution in [2.75, 3.05) is 45.8 Å². The maximum atomic E-state index is 11.9. The van der Waals surface area contributed by atoms with E-state index in [1.165, 1.54) is 0 Å². The predicted octanol–water partition coefficient (Wildman–Crippen LogP) is 0.147. The molecule has 1 aliphatic heterocycles. The molecule has 9 heteroatoms. The number of aliphatic carboxylic acids is 1. The van der Waals surface area contributed by atoms with Crippen molar-refractivity contribution in [1.82, 2.24) is 15.1 Å². The number of hydrogen-bond donors (Lipinski definition) is 2. The largest absolute Gasteiger partial charge is 0.481 e. The molecule has 21 heavy (non-hydrogen) atoms. The van der Waals surface area contributed by atoms with Crippen molar-refractivity contribution in [1.29, 1.82) is 0 Å². The van der Waals surface area contributed by atoms with Crippen molar-refractivity contribution in [3.05, 3.63) is 0 Å². The summed E-state index contributed by atoms with van der Waals surface area (Å²) in [6.45, 7) is 4.15. The van der Waals surface area contributed by atoms with Gasteiger partial charge in [-0.25, -0.2) is 0 Å². The average Bonchev–Trinajstić information content (AvgIpc) is 2.41. The number of piperazine rings is 1. The second-order valence-electron chi connectivity index (χ2n) is 4.93. The minimum absolute atomic E-state index is 0.00241. The first kappa shape index (κ1) is 17.7. The van der Waals surface area contributed by atoms with Crippen LogP contribution in [0.2, 0.25) is 0 Å². The first-order chi connectivity index (χ1) is 9.79. The van der Waals surface area contributed by atoms with E-state index in [1.54, 1.807) is 0 Å². The van der Waals surface area contributed by atoms with Gasteiger partial charge in [0.2, 0.25) is 0 Å². The number of alkyl halides is 3. The highest BCUT2D eigenvalue weighted by molar-refractivity contribution is 5.81. The molecule has 1 heterocycles. The van der Waals surface area contributed by atoms with Gasteiger partial charge in [-0.3, -0.25) is 9.59 Å². The van der Waals surface area contributed by atoms with Gasteiger partial charge in [-0.1, -0.05) is 0 Å². The summed E-state index contributed by atoms with van der Waals surface area (Å²) < 4.78 is 35.8. The van der Waals surface area contributed by atoms with Crippen molar-refractivity contribution >= 4 is 11.9 Å². The molecule has 0 aromatic rings. The average molecular weight is 311 g/mol. The number of nitrogens with one attached hydrogen (secondary N) is 1. The van der Waals surface area contributed by atoms with Crippen LogP contribution in [0.1, 0.15) is 12.8 Å². The number of carbonyl (C=O) groups is 2. The molecule has 1 rings (SSSR count). The minimum Gasteiger partial charge on any atom is -0.481 e. The van der Waals surface area contributed by atoms with Crippen molar-refractivity contribution in [3.8, 4) is 0 Å². The lowest BCUT2D eigenvalue weighted by Gasteiger charge is -2.34. The fourth-order valence-corrected chi connectivity index (χ4v) is 2.10. The van der Waals surface area contributed by atoms with Crippen LogP contribution in [0.3, 0.4) is 0 Å². The summed E-state index contributed by atoms with van der Waals surface area (Å²) in [6, 6.07) is 0. The molecule has 0 aliphatic carbocycles. The molecule has 0 spiro atoms. The van der Waals surface area contributed by atoms with Gasteiger partial charge in [-0.15, -0.1) is 0 Å². The normalized spacial score (nSPS) is 17.7. The highest BCUT2D eigenvalue weighted by Gasteiger charge is 2.38. The van der Waals surface area contributed by atoms with Gasteiger partial charge in [0.25, 0.3) is 0 Å². The highest BCUT2D eigenvalue weighted by atomic mass is 19.4. The molecule has 0 aromatic carbocycles. The van der Waals surface area contributed by atoms with Crippen LogP contribution in [0, 0.1) is 0 Å². The molecule has 1 aliphatic rings. The zero-order valence-electron chi connectivity index (χ0n) is 11.7. The lowest BCUT2D eigenvalue weighted by molar-refractivity contribution is -0.173. The number of carbonyl (C=O) groups excluding carboxylic acids is 1. The number of halogens is 3. The Bertz CT molecular complexity index is 355. The molecule has 2 N–H and O–H groups in total. The molecular weight excluding hydrogens is 291 g/mol. The Morgan fingerprint density at radius 2 is 1.57 bits per heavy atom.